The van der Waals surface area contributed by atoms with E-state index in [1.54, 1.807) is 11.5 Å². The molecular formula is C31H38N2O12. The van der Waals surface area contributed by atoms with Gasteiger partial charge < -0.3 is 59.3 Å². The molecule has 0 aliphatic carbocycles. The van der Waals surface area contributed by atoms with E-state index in [1.165, 1.54) is 0 Å². The Kier molecular flexibility index (Phi) is 9.08. The third-order valence-electron chi connectivity index (χ3n) is 8.91. The fraction of sp³-hybridized carbons (Fsp3) is 0.548. The minimum atomic E-state index is -1.71. The third-order valence-corrected chi connectivity index (χ3v) is 8.91. The predicted molar refractivity (Wildman–Crippen MR) is 156 cm³/mol. The van der Waals surface area contributed by atoms with Gasteiger partial charge in [0, 0.05) is 16.5 Å². The van der Waals surface area contributed by atoms with E-state index in [0.717, 1.165) is 16.5 Å². The van der Waals surface area contributed by atoms with Gasteiger partial charge in [-0.1, -0.05) is 25.1 Å². The number of para-hydroxylation sites is 1. The highest BCUT2D eigenvalue weighted by Crippen LogP contribution is 2.36. The van der Waals surface area contributed by atoms with Crippen molar-refractivity contribution in [3.05, 3.63) is 63.4 Å². The predicted octanol–water partition coefficient (Wildman–Crippen LogP) is -1.17. The maximum atomic E-state index is 13.5. The Labute approximate surface area is 257 Å². The van der Waals surface area contributed by atoms with Crippen LogP contribution in [-0.4, -0.2) is 120 Å². The smallest absolute Gasteiger partial charge is 0.254 e. The topological polar surface area (TPSA) is 213 Å². The van der Waals surface area contributed by atoms with E-state index in [2.05, 4.69) is 0 Å². The highest BCUT2D eigenvalue weighted by Gasteiger charge is 2.48. The van der Waals surface area contributed by atoms with Crippen LogP contribution >= 0.6 is 0 Å². The van der Waals surface area contributed by atoms with Crippen molar-refractivity contribution in [2.45, 2.75) is 94.3 Å². The molecule has 2 fully saturated rings. The average Bonchev–Trinajstić information content (AvgIpc) is 3.40. The summed E-state index contributed by atoms with van der Waals surface area (Å²) in [7, 11) is 0. The summed E-state index contributed by atoms with van der Waals surface area (Å²) in [6.07, 6.45) is -15.8. The summed E-state index contributed by atoms with van der Waals surface area (Å²) >= 11 is 0. The second-order valence-electron chi connectivity index (χ2n) is 11.8. The summed E-state index contributed by atoms with van der Waals surface area (Å²) in [5, 5.41) is 72.8. The molecule has 3 aliphatic heterocycles. The molecule has 0 spiro atoms. The van der Waals surface area contributed by atoms with Crippen molar-refractivity contribution in [3.63, 3.8) is 0 Å². The van der Waals surface area contributed by atoms with Crippen molar-refractivity contribution in [1.82, 2.24) is 9.55 Å². The molecule has 14 nitrogen and oxygen atoms in total. The highest BCUT2D eigenvalue weighted by molar-refractivity contribution is 5.84. The SMILES string of the molecule is CCC(OC1OC(COC2OC(CO)C(O)C(O)C2O)C(O)C(O)C1O)c1cc2n(c(=O)c1C)Cc1cc3ccccc3nc1-2. The molecule has 3 aromatic rings. The second kappa shape index (κ2) is 12.7. The zero-order chi connectivity index (χ0) is 32.2. The second-order valence-corrected chi connectivity index (χ2v) is 11.8. The molecule has 2 saturated heterocycles. The number of fused-ring (bicyclic) bond motifs is 4. The largest absolute Gasteiger partial charge is 0.394 e. The zero-order valence-corrected chi connectivity index (χ0v) is 24.7. The Bertz CT molecular complexity index is 1600. The van der Waals surface area contributed by atoms with E-state index in [4.69, 9.17) is 23.9 Å². The minimum absolute atomic E-state index is 0.210. The molecular weight excluding hydrogens is 592 g/mol. The summed E-state index contributed by atoms with van der Waals surface area (Å²) in [5.74, 6) is 0. The van der Waals surface area contributed by atoms with Crippen LogP contribution in [0, 0.1) is 6.92 Å². The van der Waals surface area contributed by atoms with Crippen LogP contribution in [0.1, 0.15) is 36.1 Å². The van der Waals surface area contributed by atoms with E-state index in [9.17, 15) is 40.5 Å². The fourth-order valence-electron chi connectivity index (χ4n) is 6.24. The number of aliphatic hydroxyl groups is 7. The summed E-state index contributed by atoms with van der Waals surface area (Å²) in [6, 6.07) is 11.6. The van der Waals surface area contributed by atoms with Crippen LogP contribution in [0.4, 0.5) is 0 Å². The molecule has 1 aromatic carbocycles. The van der Waals surface area contributed by atoms with Crippen molar-refractivity contribution in [2.24, 2.45) is 0 Å². The van der Waals surface area contributed by atoms with Crippen LogP contribution in [0.5, 0.6) is 0 Å². The number of aromatic nitrogens is 2. The summed E-state index contributed by atoms with van der Waals surface area (Å²) in [6.45, 7) is 2.76. The number of rotatable bonds is 8. The first-order chi connectivity index (χ1) is 21.5. The van der Waals surface area contributed by atoms with Gasteiger partial charge in [0.25, 0.3) is 5.56 Å². The Morgan fingerprint density at radius 2 is 1.60 bits per heavy atom. The van der Waals surface area contributed by atoms with Crippen LogP contribution < -0.4 is 5.56 Å². The van der Waals surface area contributed by atoms with E-state index in [0.29, 0.717) is 35.5 Å². The van der Waals surface area contributed by atoms with E-state index < -0.39 is 80.7 Å². The van der Waals surface area contributed by atoms with E-state index in [-0.39, 0.29) is 5.56 Å². The number of benzene rings is 1. The number of ether oxygens (including phenoxy) is 4. The monoisotopic (exact) mass is 630 g/mol. The van der Waals surface area contributed by atoms with E-state index >= 15 is 0 Å². The standard InChI is InChI=1S/C31H38N2O12/c1-3-19(16-9-18-22-15(10-33(18)29(41)13(16)2)8-14-6-4-5-7-17(14)32-22)43-31-28(40)26(38)24(36)21(45-31)12-42-30-27(39)25(37)23(35)20(11-34)44-30/h4-9,19-21,23-28,30-31,34-40H,3,10-12H2,1-2H3. The minimum Gasteiger partial charge on any atom is -0.394 e. The molecule has 5 heterocycles. The Hall–Kier alpha value is -2.86. The van der Waals surface area contributed by atoms with Gasteiger partial charge in [0.15, 0.2) is 12.6 Å². The van der Waals surface area contributed by atoms with Crippen LogP contribution in [-0.2, 0) is 25.5 Å². The number of hydrogen-bond acceptors (Lipinski definition) is 13. The lowest BCUT2D eigenvalue weighted by atomic mass is 9.97. The molecule has 0 saturated carbocycles. The molecule has 7 N–H and O–H groups in total. The summed E-state index contributed by atoms with van der Waals surface area (Å²) in [5.41, 5.74) is 3.83. The van der Waals surface area contributed by atoms with Gasteiger partial charge >= 0.3 is 0 Å². The van der Waals surface area contributed by atoms with Gasteiger partial charge in [-0.05, 0) is 37.1 Å². The van der Waals surface area contributed by atoms with Gasteiger partial charge in [0.2, 0.25) is 0 Å². The average molecular weight is 631 g/mol. The van der Waals surface area contributed by atoms with Gasteiger partial charge in [-0.2, -0.15) is 0 Å². The summed E-state index contributed by atoms with van der Waals surface area (Å²) < 4.78 is 24.5. The molecule has 244 valence electrons. The molecule has 14 heteroatoms. The number of aliphatic hydroxyl groups excluding tert-OH is 7. The van der Waals surface area contributed by atoms with Crippen molar-refractivity contribution in [1.29, 1.82) is 0 Å². The quantitative estimate of drug-likeness (QED) is 0.122. The maximum Gasteiger partial charge on any atom is 0.254 e. The summed E-state index contributed by atoms with van der Waals surface area (Å²) in [4.78, 5) is 18.4. The molecule has 11 unspecified atom stereocenters. The molecule has 0 amide bonds. The molecule has 0 bridgehead atoms. The molecule has 3 aliphatic rings. The lowest BCUT2D eigenvalue weighted by Crippen LogP contribution is -2.61. The molecule has 6 rings (SSSR count). The highest BCUT2D eigenvalue weighted by atomic mass is 16.7. The zero-order valence-electron chi connectivity index (χ0n) is 24.7. The number of hydrogen-bond donors (Lipinski definition) is 7. The van der Waals surface area contributed by atoms with Crippen LogP contribution in [0.2, 0.25) is 0 Å². The first-order valence-electron chi connectivity index (χ1n) is 14.9. The number of nitrogens with zero attached hydrogens (tertiary/aromatic N) is 2. The Morgan fingerprint density at radius 3 is 2.31 bits per heavy atom. The lowest BCUT2D eigenvalue weighted by molar-refractivity contribution is -0.336. The Morgan fingerprint density at radius 1 is 0.933 bits per heavy atom. The van der Waals surface area contributed by atoms with Gasteiger partial charge in [0.1, 0.15) is 48.8 Å². The van der Waals surface area contributed by atoms with Crippen molar-refractivity contribution in [3.8, 4) is 11.4 Å². The van der Waals surface area contributed by atoms with Gasteiger partial charge in [-0.3, -0.25) is 4.79 Å². The first-order valence-corrected chi connectivity index (χ1v) is 14.9. The number of pyridine rings is 2. The van der Waals surface area contributed by atoms with Crippen molar-refractivity contribution < 1.29 is 54.7 Å². The van der Waals surface area contributed by atoms with Crippen LogP contribution in [0.25, 0.3) is 22.3 Å². The third kappa shape index (κ3) is 5.70. The fourth-order valence-corrected chi connectivity index (χ4v) is 6.24. The maximum absolute atomic E-state index is 13.5. The Balaban J connectivity index is 1.22. The normalized spacial score (nSPS) is 33.6. The van der Waals surface area contributed by atoms with Gasteiger partial charge in [-0.15, -0.1) is 0 Å². The molecule has 0 radical (unpaired) electrons. The van der Waals surface area contributed by atoms with Gasteiger partial charge in [0.05, 0.1) is 42.8 Å². The van der Waals surface area contributed by atoms with E-state index in [1.807, 2.05) is 43.3 Å². The van der Waals surface area contributed by atoms with Crippen molar-refractivity contribution >= 4 is 10.9 Å². The van der Waals surface area contributed by atoms with Crippen molar-refractivity contribution in [2.75, 3.05) is 13.2 Å². The first kappa shape index (κ1) is 32.1. The molecule has 11 atom stereocenters. The van der Waals surface area contributed by atoms with Crippen LogP contribution in [0.15, 0.2) is 41.2 Å². The lowest BCUT2D eigenvalue weighted by Gasteiger charge is -2.43. The molecule has 2 aromatic heterocycles. The molecule has 45 heavy (non-hydrogen) atoms. The van der Waals surface area contributed by atoms with Crippen LogP contribution in [0.3, 0.4) is 0 Å². The van der Waals surface area contributed by atoms with Gasteiger partial charge in [-0.25, -0.2) is 4.98 Å².